The van der Waals surface area contributed by atoms with E-state index < -0.39 is 6.03 Å². The summed E-state index contributed by atoms with van der Waals surface area (Å²) >= 11 is 0.744. The van der Waals surface area contributed by atoms with Crippen LogP contribution in [0.25, 0.3) is 0 Å². The molecule has 0 atom stereocenters. The Kier molecular flexibility index (Phi) is 8.99. The van der Waals surface area contributed by atoms with Crippen LogP contribution in [0.3, 0.4) is 0 Å². The summed E-state index contributed by atoms with van der Waals surface area (Å²) in [7, 11) is 1.69. The molecule has 0 saturated heterocycles. The van der Waals surface area contributed by atoms with Gasteiger partial charge in [-0.05, 0) is 24.3 Å². The molecule has 3 aromatic carbocycles. The molecule has 0 spiro atoms. The fourth-order valence-corrected chi connectivity index (χ4v) is 2.81. The average molecular weight is 548 g/mol. The van der Waals surface area contributed by atoms with Crippen molar-refractivity contribution < 1.29 is 35.7 Å². The van der Waals surface area contributed by atoms with E-state index in [1.807, 2.05) is 60.7 Å². The Morgan fingerprint density at radius 1 is 0.889 bits per heavy atom. The van der Waals surface area contributed by atoms with Gasteiger partial charge < -0.3 is 0 Å². The number of ether oxygens (including phenoxy) is 1. The Labute approximate surface area is 174 Å². The molecule has 0 heterocycles. The number of nitrogens with zero attached hydrogens (tertiary/aromatic N) is 2. The summed E-state index contributed by atoms with van der Waals surface area (Å²) in [6.07, 6.45) is 0. The molecule has 2 N–H and O–H groups in total. The Bertz CT molecular complexity index is 841. The van der Waals surface area contributed by atoms with Crippen molar-refractivity contribution in [1.82, 2.24) is 5.43 Å². The second-order valence-electron chi connectivity index (χ2n) is 5.30. The van der Waals surface area contributed by atoms with Crippen LogP contribution in [0.4, 0.5) is 16.2 Å². The number of nitrogens with one attached hydrogen (secondary N) is 2. The fourth-order valence-electron chi connectivity index (χ4n) is 1.90. The summed E-state index contributed by atoms with van der Waals surface area (Å²) in [5, 5.41) is 7.31. The van der Waals surface area contributed by atoms with E-state index in [1.165, 1.54) is 3.07 Å². The van der Waals surface area contributed by atoms with Gasteiger partial charge in [-0.2, -0.15) is 0 Å². The topological polar surface area (TPSA) is 75.1 Å². The van der Waals surface area contributed by atoms with Gasteiger partial charge in [0.05, 0.1) is 11.4 Å². The predicted octanol–water partition coefficient (Wildman–Crippen LogP) is 4.37. The van der Waals surface area contributed by atoms with Crippen LogP contribution < -0.4 is 18.7 Å². The van der Waals surface area contributed by atoms with Gasteiger partial charge in [-0.15, -0.1) is 5.11 Å². The second kappa shape index (κ2) is 11.8. The Balaban J connectivity index is 0.000000244. The van der Waals surface area contributed by atoms with E-state index in [9.17, 15) is 4.79 Å². The van der Waals surface area contributed by atoms with Crippen molar-refractivity contribution in [3.8, 4) is 5.75 Å². The maximum Gasteiger partial charge on any atom is 0.378 e. The molecular weight excluding hydrogens is 529 g/mol. The van der Waals surface area contributed by atoms with Gasteiger partial charge in [-0.3, -0.25) is 5.43 Å². The quantitative estimate of drug-likeness (QED) is 0.289. The summed E-state index contributed by atoms with van der Waals surface area (Å²) in [6, 6.07) is 26.0. The van der Waals surface area contributed by atoms with E-state index in [0.29, 0.717) is 5.69 Å². The van der Waals surface area contributed by atoms with Crippen molar-refractivity contribution in [1.29, 1.82) is 0 Å². The molecule has 27 heavy (non-hydrogen) atoms. The molecule has 0 unspecified atom stereocenters. The van der Waals surface area contributed by atoms with E-state index >= 15 is 0 Å². The maximum absolute atomic E-state index is 11.4. The Hall–Kier alpha value is -2.73. The van der Waals surface area contributed by atoms with Crippen LogP contribution in [0, 0.1) is 0 Å². The molecule has 0 fully saturated rings. The van der Waals surface area contributed by atoms with Crippen molar-refractivity contribution in [3.05, 3.63) is 84.9 Å². The molecule has 3 aromatic rings. The van der Waals surface area contributed by atoms with Crippen molar-refractivity contribution in [2.45, 2.75) is 0 Å². The number of amides is 2. The minimum Gasteiger partial charge on any atom is -0.297 e. The van der Waals surface area contributed by atoms with Crippen LogP contribution in [0.15, 0.2) is 95.2 Å². The third-order valence-electron chi connectivity index (χ3n) is 3.26. The zero-order valence-corrected chi connectivity index (χ0v) is 20.5. The van der Waals surface area contributed by atoms with E-state index in [0.717, 1.165) is 37.6 Å². The van der Waals surface area contributed by atoms with Gasteiger partial charge in [0, 0.05) is 0 Å². The third-order valence-corrected chi connectivity index (χ3v) is 5.09. The number of para-hydroxylation sites is 1. The monoisotopic (exact) mass is 549 g/mol. The van der Waals surface area contributed by atoms with E-state index in [1.54, 1.807) is 19.2 Å². The number of benzene rings is 3. The molecule has 0 saturated carbocycles. The zero-order valence-electron chi connectivity index (χ0n) is 15.0. The first-order valence-electron chi connectivity index (χ1n) is 8.21. The zero-order chi connectivity index (χ0) is 19.3. The second-order valence-corrected chi connectivity index (χ2v) is 8.48. The smallest absolute Gasteiger partial charge is 0.297 e. The number of hydrogen-bond acceptors (Lipinski definition) is 4. The first-order valence-corrected chi connectivity index (χ1v) is 11.0. The summed E-state index contributed by atoms with van der Waals surface area (Å²) in [6.45, 7) is 0. The Morgan fingerprint density at radius 2 is 1.48 bits per heavy atom. The van der Waals surface area contributed by atoms with Gasteiger partial charge in [-0.1, -0.05) is 41.5 Å². The molecule has 0 radical (unpaired) electrons. The van der Waals surface area contributed by atoms with Crippen LogP contribution in [0.1, 0.15) is 0 Å². The fraction of sp³-hybridized carbons (Fsp3) is 0.0500. The van der Waals surface area contributed by atoms with E-state index in [-0.39, 0.29) is 0 Å². The third kappa shape index (κ3) is 8.46. The Morgan fingerprint density at radius 3 is 2.07 bits per heavy atom. The number of carbonyl (C=O) groups excluding carboxylic acids is 1. The van der Waals surface area contributed by atoms with Gasteiger partial charge in [0.2, 0.25) is 0 Å². The molecule has 0 aromatic heterocycles. The minimum atomic E-state index is -0.553. The first kappa shape index (κ1) is 20.6. The van der Waals surface area contributed by atoms with Crippen molar-refractivity contribution in [2.75, 3.05) is 12.5 Å². The largest absolute Gasteiger partial charge is 0.378 e. The number of rotatable bonds is 4. The van der Waals surface area contributed by atoms with Gasteiger partial charge >= 0.3 is 77.1 Å². The molecule has 7 heteroatoms. The van der Waals surface area contributed by atoms with E-state index in [2.05, 4.69) is 33.2 Å². The molecule has 133 valence electrons. The van der Waals surface area contributed by atoms with Gasteiger partial charge in [0.15, 0.2) is 0 Å². The number of carbonyl (C=O) groups is 1. The number of azo groups is 1. The average Bonchev–Trinajstić information content (AvgIpc) is 2.73. The summed E-state index contributed by atoms with van der Waals surface area (Å²) in [5.74, 6) is 0.948. The maximum atomic E-state index is 11.4. The first-order chi connectivity index (χ1) is 13.2. The normalized spacial score (nSPS) is 9.89. The molecule has 6 nitrogen and oxygen atoms in total. The van der Waals surface area contributed by atoms with Gasteiger partial charge in [0.1, 0.15) is 0 Å². The molecule has 2 amide bonds. The molecule has 0 bridgehead atoms. The van der Waals surface area contributed by atoms with Gasteiger partial charge in [-0.25, -0.2) is 10.2 Å². The number of urea groups is 1. The van der Waals surface area contributed by atoms with Crippen LogP contribution in [-0.2, 0) is 26.1 Å². The number of hydrogen-bond donors (Lipinski definition) is 2. The summed E-state index contributed by atoms with van der Waals surface area (Å²) < 4.78 is 6.45. The van der Waals surface area contributed by atoms with Crippen molar-refractivity contribution >= 4 is 20.5 Å². The molecule has 3 rings (SSSR count). The number of anilines is 1. The van der Waals surface area contributed by atoms with Gasteiger partial charge in [0.25, 0.3) is 0 Å². The number of hydrazine groups is 1. The summed E-state index contributed by atoms with van der Waals surface area (Å²) in [5.41, 5.74) is 6.56. The van der Waals surface area contributed by atoms with E-state index in [4.69, 9.17) is 4.74 Å². The van der Waals surface area contributed by atoms with Crippen molar-refractivity contribution in [3.63, 3.8) is 0 Å². The standard InChI is InChI=1S/C13H12N4O.C7H7O.Hg/c18-13(16-14-11-7-3-1-4-8-11)17-15-12-9-5-2-6-10-12;1-8-7-5-3-2-4-6-7;/h1-10,14H,(H,16,18);3-6H,1H3;. The molecular formula is C20H19HgN4O2. The van der Waals surface area contributed by atoms with Crippen LogP contribution in [-0.4, -0.2) is 13.1 Å². The van der Waals surface area contributed by atoms with Crippen molar-refractivity contribution in [2.24, 2.45) is 10.2 Å². The predicted molar refractivity (Wildman–Crippen MR) is 102 cm³/mol. The molecule has 0 aliphatic carbocycles. The molecule has 0 aliphatic heterocycles. The number of methoxy groups -OCH3 is 1. The SMILES string of the molecule is COc1cc[c]([Hg])cc1.O=C(N=Nc1ccccc1)NNc1ccccc1. The molecule has 0 aliphatic rings. The van der Waals surface area contributed by atoms with Crippen LogP contribution in [0.2, 0.25) is 0 Å². The van der Waals surface area contributed by atoms with Crippen LogP contribution in [0.5, 0.6) is 5.75 Å². The van der Waals surface area contributed by atoms with Crippen LogP contribution >= 0.6 is 0 Å². The summed E-state index contributed by atoms with van der Waals surface area (Å²) in [4.78, 5) is 11.4. The minimum absolute atomic E-state index is 0.553.